The maximum absolute atomic E-state index is 15.2. The molecule has 0 saturated heterocycles. The lowest BCUT2D eigenvalue weighted by Gasteiger charge is -2.13. The molecule has 2 heterocycles. The molecular weight excluding hydrogens is 387 g/mol. The minimum absolute atomic E-state index is 0.359. The summed E-state index contributed by atoms with van der Waals surface area (Å²) in [6, 6.07) is 32.7. The van der Waals surface area contributed by atoms with E-state index in [2.05, 4.69) is 0 Å². The first-order valence-corrected chi connectivity index (χ1v) is 10.1. The quantitative estimate of drug-likeness (QED) is 0.307. The van der Waals surface area contributed by atoms with Gasteiger partial charge in [0.2, 0.25) is 0 Å². The molecule has 0 aliphatic carbocycles. The number of benzene rings is 4. The van der Waals surface area contributed by atoms with Crippen LogP contribution in [0, 0.1) is 5.82 Å². The molecule has 0 spiro atoms. The summed E-state index contributed by atoms with van der Waals surface area (Å²) < 4.78 is 23.3. The molecule has 1 aliphatic heterocycles. The van der Waals surface area contributed by atoms with Crippen LogP contribution >= 0.6 is 0 Å². The molecule has 0 unspecified atom stereocenters. The number of fused-ring (bicyclic) bond motifs is 5. The maximum Gasteiger partial charge on any atom is 0.152 e. The van der Waals surface area contributed by atoms with E-state index in [1.54, 1.807) is 12.1 Å². The summed E-state index contributed by atoms with van der Waals surface area (Å²) >= 11 is 0. The fourth-order valence-electron chi connectivity index (χ4n) is 4.14. The number of ether oxygens (including phenoxy) is 1. The van der Waals surface area contributed by atoms with Gasteiger partial charge in [-0.2, -0.15) is 0 Å². The number of rotatable bonds is 2. The van der Waals surface area contributed by atoms with Gasteiger partial charge in [0.15, 0.2) is 11.6 Å². The number of aromatic nitrogens is 2. The largest absolute Gasteiger partial charge is 0.454 e. The fraction of sp³-hybridized carbons (Fsp3) is 0. The van der Waals surface area contributed by atoms with Crippen LogP contribution in [0.25, 0.3) is 39.6 Å². The molecule has 4 aromatic carbocycles. The van der Waals surface area contributed by atoms with Crippen LogP contribution in [0.15, 0.2) is 103 Å². The molecule has 0 saturated carbocycles. The highest BCUT2D eigenvalue weighted by atomic mass is 19.1. The van der Waals surface area contributed by atoms with Gasteiger partial charge in [0.05, 0.1) is 22.6 Å². The number of halogens is 1. The summed E-state index contributed by atoms with van der Waals surface area (Å²) in [5.74, 6) is 1.27. The van der Waals surface area contributed by atoms with Crippen LogP contribution in [-0.2, 0) is 0 Å². The predicted molar refractivity (Wildman–Crippen MR) is 120 cm³/mol. The smallest absolute Gasteiger partial charge is 0.152 e. The van der Waals surface area contributed by atoms with E-state index in [1.165, 1.54) is 6.07 Å². The summed E-state index contributed by atoms with van der Waals surface area (Å²) in [4.78, 5) is 5.00. The van der Waals surface area contributed by atoms with Gasteiger partial charge in [-0.05, 0) is 24.3 Å². The summed E-state index contributed by atoms with van der Waals surface area (Å²) in [6.45, 7) is 0. The van der Waals surface area contributed by atoms with Crippen LogP contribution < -0.4 is 4.74 Å². The second kappa shape index (κ2) is 6.96. The standard InChI is InChI=1S/C27H17FN2O/c28-20-14-9-17-23-24(20)27-29-25(18-10-3-1-4-11-18)26(19-12-5-2-6-13-19)30(27)21-15-7-8-16-22(21)31-23/h1-17H. The molecule has 6 rings (SSSR count). The Balaban J connectivity index is 1.80. The average molecular weight is 404 g/mol. The minimum Gasteiger partial charge on any atom is -0.454 e. The molecular formula is C27H17FN2O. The maximum atomic E-state index is 15.2. The zero-order valence-corrected chi connectivity index (χ0v) is 16.5. The molecule has 1 aromatic heterocycles. The lowest BCUT2D eigenvalue weighted by Crippen LogP contribution is -2.00. The van der Waals surface area contributed by atoms with Crippen LogP contribution in [0.2, 0.25) is 0 Å². The molecule has 4 heteroatoms. The van der Waals surface area contributed by atoms with E-state index < -0.39 is 0 Å². The van der Waals surface area contributed by atoms with Crippen molar-refractivity contribution in [1.82, 2.24) is 9.55 Å². The first-order chi connectivity index (χ1) is 15.3. The lowest BCUT2D eigenvalue weighted by atomic mass is 10.0. The Hall–Kier alpha value is -4.18. The number of para-hydroxylation sites is 2. The Labute approximate surface area is 179 Å². The summed E-state index contributed by atoms with van der Waals surface area (Å²) in [5.41, 5.74) is 4.84. The summed E-state index contributed by atoms with van der Waals surface area (Å²) in [7, 11) is 0. The Morgan fingerprint density at radius 3 is 2.06 bits per heavy atom. The Bertz CT molecular complexity index is 1410. The Morgan fingerprint density at radius 1 is 0.645 bits per heavy atom. The summed E-state index contributed by atoms with van der Waals surface area (Å²) in [6.07, 6.45) is 0. The van der Waals surface area contributed by atoms with Crippen molar-refractivity contribution < 1.29 is 9.13 Å². The molecule has 0 fully saturated rings. The van der Waals surface area contributed by atoms with Crippen molar-refractivity contribution >= 4 is 0 Å². The van der Waals surface area contributed by atoms with Gasteiger partial charge in [0.1, 0.15) is 11.6 Å². The number of nitrogens with zero attached hydrogens (tertiary/aromatic N) is 2. The highest BCUT2D eigenvalue weighted by Crippen LogP contribution is 2.47. The monoisotopic (exact) mass is 404 g/mol. The molecule has 31 heavy (non-hydrogen) atoms. The van der Waals surface area contributed by atoms with Crippen LogP contribution in [0.1, 0.15) is 0 Å². The average Bonchev–Trinajstić information content (AvgIpc) is 3.14. The van der Waals surface area contributed by atoms with Crippen molar-refractivity contribution in [3.63, 3.8) is 0 Å². The first-order valence-electron chi connectivity index (χ1n) is 10.1. The Kier molecular flexibility index (Phi) is 3.96. The van der Waals surface area contributed by atoms with E-state index >= 15 is 4.39 Å². The zero-order chi connectivity index (χ0) is 20.8. The molecule has 3 nitrogen and oxygen atoms in total. The number of hydrogen-bond donors (Lipinski definition) is 0. The Morgan fingerprint density at radius 2 is 1.29 bits per heavy atom. The second-order valence-electron chi connectivity index (χ2n) is 7.38. The van der Waals surface area contributed by atoms with Crippen molar-refractivity contribution in [2.24, 2.45) is 0 Å². The molecule has 0 radical (unpaired) electrons. The van der Waals surface area contributed by atoms with Gasteiger partial charge in [-0.1, -0.05) is 78.9 Å². The molecule has 0 amide bonds. The normalized spacial score (nSPS) is 11.6. The van der Waals surface area contributed by atoms with Crippen molar-refractivity contribution in [3.05, 3.63) is 109 Å². The molecule has 0 atom stereocenters. The highest BCUT2D eigenvalue weighted by Gasteiger charge is 2.30. The van der Waals surface area contributed by atoms with Gasteiger partial charge >= 0.3 is 0 Å². The molecule has 0 bridgehead atoms. The van der Waals surface area contributed by atoms with Crippen LogP contribution in [-0.4, -0.2) is 9.55 Å². The van der Waals surface area contributed by atoms with Crippen LogP contribution in [0.5, 0.6) is 11.5 Å². The van der Waals surface area contributed by atoms with Crippen LogP contribution in [0.3, 0.4) is 0 Å². The van der Waals surface area contributed by atoms with Crippen LogP contribution in [0.4, 0.5) is 4.39 Å². The van der Waals surface area contributed by atoms with E-state index in [4.69, 9.17) is 9.72 Å². The zero-order valence-electron chi connectivity index (χ0n) is 16.5. The van der Waals surface area contributed by atoms with E-state index in [0.29, 0.717) is 22.9 Å². The van der Waals surface area contributed by atoms with Gasteiger partial charge in [0, 0.05) is 11.1 Å². The SMILES string of the molecule is Fc1cccc2c1-c1nc(-c3ccccc3)c(-c3ccccc3)n1-c1ccccc1O2. The fourth-order valence-corrected chi connectivity index (χ4v) is 4.14. The van der Waals surface area contributed by atoms with E-state index in [1.807, 2.05) is 89.5 Å². The van der Waals surface area contributed by atoms with E-state index in [0.717, 1.165) is 28.2 Å². The summed E-state index contributed by atoms with van der Waals surface area (Å²) in [5, 5.41) is 0. The first kappa shape index (κ1) is 17.7. The topological polar surface area (TPSA) is 27.1 Å². The third-order valence-electron chi connectivity index (χ3n) is 5.50. The minimum atomic E-state index is -0.365. The lowest BCUT2D eigenvalue weighted by molar-refractivity contribution is 0.481. The third-order valence-corrected chi connectivity index (χ3v) is 5.50. The van der Waals surface area contributed by atoms with Crippen molar-refractivity contribution in [2.45, 2.75) is 0 Å². The van der Waals surface area contributed by atoms with Crippen molar-refractivity contribution in [3.8, 4) is 51.1 Å². The van der Waals surface area contributed by atoms with Gasteiger partial charge in [-0.15, -0.1) is 0 Å². The van der Waals surface area contributed by atoms with E-state index in [9.17, 15) is 0 Å². The molecule has 5 aromatic rings. The highest BCUT2D eigenvalue weighted by molar-refractivity contribution is 5.86. The molecule has 1 aliphatic rings. The van der Waals surface area contributed by atoms with E-state index in [-0.39, 0.29) is 5.82 Å². The third kappa shape index (κ3) is 2.76. The van der Waals surface area contributed by atoms with Gasteiger partial charge in [0.25, 0.3) is 0 Å². The van der Waals surface area contributed by atoms with Crippen molar-refractivity contribution in [2.75, 3.05) is 0 Å². The number of imidazole rings is 1. The predicted octanol–water partition coefficient (Wildman–Crippen LogP) is 7.12. The molecule has 148 valence electrons. The second-order valence-corrected chi connectivity index (χ2v) is 7.38. The number of hydrogen-bond acceptors (Lipinski definition) is 2. The van der Waals surface area contributed by atoms with Gasteiger partial charge in [-0.25, -0.2) is 9.37 Å². The van der Waals surface area contributed by atoms with Crippen molar-refractivity contribution in [1.29, 1.82) is 0 Å². The molecule has 0 N–H and O–H groups in total. The van der Waals surface area contributed by atoms with Gasteiger partial charge < -0.3 is 4.74 Å². The van der Waals surface area contributed by atoms with Gasteiger partial charge in [-0.3, -0.25) is 4.57 Å².